The molecule has 2 aromatic rings. The summed E-state index contributed by atoms with van der Waals surface area (Å²) in [5.74, 6) is 0. The van der Waals surface area contributed by atoms with Crippen LogP contribution in [0.3, 0.4) is 0 Å². The average Bonchev–Trinajstić information content (AvgIpc) is 2.94. The monoisotopic (exact) mass is 423 g/mol. The molecule has 2 rings (SSSR count). The van der Waals surface area contributed by atoms with E-state index in [4.69, 9.17) is 11.6 Å². The smallest absolute Gasteiger partial charge is 0.278 e. The Morgan fingerprint density at radius 3 is 2.26 bits per heavy atom. The second kappa shape index (κ2) is 7.01. The number of nitrogens with zero attached hydrogens (tertiary/aromatic N) is 2. The molecule has 0 aliphatic heterocycles. The third kappa shape index (κ3) is 4.76. The Morgan fingerprint density at radius 1 is 1.19 bits per heavy atom. The van der Waals surface area contributed by atoms with Gasteiger partial charge in [0.25, 0.3) is 10.0 Å². The predicted molar refractivity (Wildman–Crippen MR) is 98.6 cm³/mol. The number of benzene rings is 1. The third-order valence-electron chi connectivity index (χ3n) is 3.77. The second-order valence-corrected chi connectivity index (χ2v) is 9.52. The van der Waals surface area contributed by atoms with Crippen molar-refractivity contribution < 1.29 is 21.6 Å². The van der Waals surface area contributed by atoms with E-state index < -0.39 is 27.2 Å². The summed E-state index contributed by atoms with van der Waals surface area (Å²) < 4.78 is 68.3. The van der Waals surface area contributed by atoms with Crippen LogP contribution in [0.25, 0.3) is 0 Å². The number of anilines is 1. The standard InChI is InChI=1S/C17H21ClF3N3O2S/c1-10(2)24-9-14(15(22-24)16(3,4)5)27(25,26)23-13-8-11(17(19,20)21)6-7-12(13)18/h6-10,23H,1-5H3. The number of hydrogen-bond donors (Lipinski definition) is 1. The van der Waals surface area contributed by atoms with Crippen LogP contribution in [0.5, 0.6) is 0 Å². The number of hydrogen-bond acceptors (Lipinski definition) is 3. The van der Waals surface area contributed by atoms with E-state index in [2.05, 4.69) is 9.82 Å². The van der Waals surface area contributed by atoms with Gasteiger partial charge in [0, 0.05) is 17.7 Å². The summed E-state index contributed by atoms with van der Waals surface area (Å²) in [6.45, 7) is 9.09. The Bertz CT molecular complexity index is 945. The van der Waals surface area contributed by atoms with Crippen molar-refractivity contribution in [2.75, 3.05) is 4.72 Å². The highest BCUT2D eigenvalue weighted by Crippen LogP contribution is 2.36. The minimum Gasteiger partial charge on any atom is -0.278 e. The minimum atomic E-state index is -4.62. The molecule has 1 aromatic carbocycles. The molecule has 5 nitrogen and oxygen atoms in total. The second-order valence-electron chi connectivity index (χ2n) is 7.46. The maximum Gasteiger partial charge on any atom is 0.416 e. The quantitative estimate of drug-likeness (QED) is 0.731. The van der Waals surface area contributed by atoms with Gasteiger partial charge >= 0.3 is 6.18 Å². The molecule has 27 heavy (non-hydrogen) atoms. The molecule has 0 amide bonds. The molecule has 0 aliphatic rings. The fourth-order valence-electron chi connectivity index (χ4n) is 2.34. The van der Waals surface area contributed by atoms with Gasteiger partial charge in [0.15, 0.2) is 0 Å². The van der Waals surface area contributed by atoms with Gasteiger partial charge < -0.3 is 0 Å². The lowest BCUT2D eigenvalue weighted by molar-refractivity contribution is -0.137. The molecule has 0 saturated carbocycles. The molecule has 10 heteroatoms. The van der Waals surface area contributed by atoms with E-state index >= 15 is 0 Å². The van der Waals surface area contributed by atoms with Gasteiger partial charge in [-0.2, -0.15) is 18.3 Å². The van der Waals surface area contributed by atoms with Crippen molar-refractivity contribution in [2.24, 2.45) is 0 Å². The number of rotatable bonds is 4. The Kier molecular flexibility index (Phi) is 5.60. The van der Waals surface area contributed by atoms with Crippen LogP contribution in [0.15, 0.2) is 29.3 Å². The lowest BCUT2D eigenvalue weighted by Crippen LogP contribution is -2.21. The van der Waals surface area contributed by atoms with Crippen molar-refractivity contribution in [2.45, 2.75) is 57.1 Å². The Labute approximate surface area is 161 Å². The van der Waals surface area contributed by atoms with E-state index in [1.54, 1.807) is 20.8 Å². The Balaban J connectivity index is 2.55. The SMILES string of the molecule is CC(C)n1cc(S(=O)(=O)Nc2cc(C(F)(F)F)ccc2Cl)c(C(C)(C)C)n1. The summed E-state index contributed by atoms with van der Waals surface area (Å²) in [6, 6.07) is 2.37. The summed E-state index contributed by atoms with van der Waals surface area (Å²) in [5.41, 5.74) is -1.63. The van der Waals surface area contributed by atoms with E-state index in [-0.39, 0.29) is 21.6 Å². The molecule has 1 N–H and O–H groups in total. The van der Waals surface area contributed by atoms with Crippen LogP contribution in [-0.2, 0) is 21.6 Å². The largest absolute Gasteiger partial charge is 0.416 e. The predicted octanol–water partition coefficient (Wildman–Crippen LogP) is 5.23. The van der Waals surface area contributed by atoms with Crippen LogP contribution in [0.4, 0.5) is 18.9 Å². The Morgan fingerprint density at radius 2 is 1.78 bits per heavy atom. The Hall–Kier alpha value is -1.74. The lowest BCUT2D eigenvalue weighted by atomic mass is 9.92. The summed E-state index contributed by atoms with van der Waals surface area (Å²) in [6.07, 6.45) is -3.25. The fourth-order valence-corrected chi connectivity index (χ4v) is 3.97. The molecular formula is C17H21ClF3N3O2S. The molecule has 0 bridgehead atoms. The maximum atomic E-state index is 12.9. The molecule has 0 atom stereocenters. The lowest BCUT2D eigenvalue weighted by Gasteiger charge is -2.18. The van der Waals surface area contributed by atoms with Gasteiger partial charge in [0.1, 0.15) is 4.90 Å². The molecule has 1 aromatic heterocycles. The van der Waals surface area contributed by atoms with Crippen LogP contribution < -0.4 is 4.72 Å². The summed E-state index contributed by atoms with van der Waals surface area (Å²) >= 11 is 5.91. The van der Waals surface area contributed by atoms with Gasteiger partial charge in [-0.05, 0) is 32.0 Å². The van der Waals surface area contributed by atoms with E-state index in [1.165, 1.54) is 10.9 Å². The topological polar surface area (TPSA) is 64.0 Å². The van der Waals surface area contributed by atoms with Crippen LogP contribution in [-0.4, -0.2) is 18.2 Å². The van der Waals surface area contributed by atoms with E-state index in [9.17, 15) is 21.6 Å². The van der Waals surface area contributed by atoms with Crippen molar-refractivity contribution in [3.05, 3.63) is 40.7 Å². The molecule has 0 spiro atoms. The van der Waals surface area contributed by atoms with Gasteiger partial charge in [-0.3, -0.25) is 9.40 Å². The highest BCUT2D eigenvalue weighted by molar-refractivity contribution is 7.92. The average molecular weight is 424 g/mol. The van der Waals surface area contributed by atoms with Gasteiger partial charge in [0.2, 0.25) is 0 Å². The van der Waals surface area contributed by atoms with Crippen molar-refractivity contribution in [3.63, 3.8) is 0 Å². The molecule has 1 heterocycles. The first-order chi connectivity index (χ1) is 12.1. The summed E-state index contributed by atoms with van der Waals surface area (Å²) in [5, 5.41) is 4.21. The zero-order chi connectivity index (χ0) is 20.8. The normalized spacial score (nSPS) is 13.3. The summed E-state index contributed by atoms with van der Waals surface area (Å²) in [4.78, 5) is -0.0998. The first kappa shape index (κ1) is 21.6. The molecular weight excluding hydrogens is 403 g/mol. The van der Waals surface area contributed by atoms with Gasteiger partial charge in [-0.1, -0.05) is 32.4 Å². The van der Waals surface area contributed by atoms with E-state index in [0.717, 1.165) is 12.1 Å². The molecule has 0 saturated heterocycles. The van der Waals surface area contributed by atoms with E-state index in [0.29, 0.717) is 11.8 Å². The minimum absolute atomic E-state index is 0.0906. The molecule has 150 valence electrons. The van der Waals surface area contributed by atoms with Crippen molar-refractivity contribution in [3.8, 4) is 0 Å². The van der Waals surface area contributed by atoms with Crippen LogP contribution >= 0.6 is 11.6 Å². The van der Waals surface area contributed by atoms with Crippen LogP contribution in [0.1, 0.15) is 51.9 Å². The number of aromatic nitrogens is 2. The highest BCUT2D eigenvalue weighted by atomic mass is 35.5. The number of sulfonamides is 1. The van der Waals surface area contributed by atoms with Crippen molar-refractivity contribution in [1.82, 2.24) is 9.78 Å². The maximum absolute atomic E-state index is 12.9. The summed E-state index contributed by atoms with van der Waals surface area (Å²) in [7, 11) is -4.21. The fraction of sp³-hybridized carbons (Fsp3) is 0.471. The van der Waals surface area contributed by atoms with Gasteiger partial charge in [0.05, 0.1) is 22.0 Å². The zero-order valence-corrected chi connectivity index (χ0v) is 17.1. The van der Waals surface area contributed by atoms with E-state index in [1.807, 2.05) is 13.8 Å². The zero-order valence-electron chi connectivity index (χ0n) is 15.5. The first-order valence-electron chi connectivity index (χ1n) is 8.12. The van der Waals surface area contributed by atoms with Crippen molar-refractivity contribution in [1.29, 1.82) is 0 Å². The number of halogens is 4. The van der Waals surface area contributed by atoms with Gasteiger partial charge in [-0.15, -0.1) is 0 Å². The number of alkyl halides is 3. The molecule has 0 aliphatic carbocycles. The van der Waals surface area contributed by atoms with Gasteiger partial charge in [-0.25, -0.2) is 8.42 Å². The molecule has 0 fully saturated rings. The third-order valence-corrected chi connectivity index (χ3v) is 5.46. The van der Waals surface area contributed by atoms with Crippen molar-refractivity contribution >= 4 is 27.3 Å². The molecule has 0 radical (unpaired) electrons. The highest BCUT2D eigenvalue weighted by Gasteiger charge is 2.33. The van der Waals surface area contributed by atoms with Crippen LogP contribution in [0, 0.1) is 0 Å². The van der Waals surface area contributed by atoms with Crippen LogP contribution in [0.2, 0.25) is 5.02 Å². The molecule has 0 unspecified atom stereocenters. The number of nitrogens with one attached hydrogen (secondary N) is 1. The first-order valence-corrected chi connectivity index (χ1v) is 9.98.